The lowest BCUT2D eigenvalue weighted by atomic mass is 9.73. The Bertz CT molecular complexity index is 129. The van der Waals surface area contributed by atoms with E-state index in [4.69, 9.17) is 0 Å². The van der Waals surface area contributed by atoms with Crippen molar-refractivity contribution in [1.29, 1.82) is 0 Å². The highest BCUT2D eigenvalue weighted by Crippen LogP contribution is 2.36. The van der Waals surface area contributed by atoms with E-state index >= 15 is 0 Å². The summed E-state index contributed by atoms with van der Waals surface area (Å²) in [5.41, 5.74) is 1.47. The molecule has 0 amide bonds. The van der Waals surface area contributed by atoms with E-state index in [1.54, 1.807) is 0 Å². The van der Waals surface area contributed by atoms with Crippen LogP contribution in [0.25, 0.3) is 0 Å². The number of rotatable bonds is 2. The molecule has 2 atom stereocenters. The van der Waals surface area contributed by atoms with E-state index in [1.165, 1.54) is 24.8 Å². The van der Waals surface area contributed by atoms with E-state index in [0.29, 0.717) is 0 Å². The van der Waals surface area contributed by atoms with Crippen molar-refractivity contribution in [2.24, 2.45) is 11.8 Å². The molecule has 1 aliphatic rings. The monoisotopic (exact) mass is 138 g/mol. The van der Waals surface area contributed by atoms with E-state index in [9.17, 15) is 0 Å². The van der Waals surface area contributed by atoms with Crippen LogP contribution >= 0.6 is 0 Å². The second-order valence-electron chi connectivity index (χ2n) is 3.83. The number of hydrogen-bond donors (Lipinski definition) is 0. The molecule has 0 heterocycles. The maximum absolute atomic E-state index is 2.38. The molecule has 1 aliphatic carbocycles. The van der Waals surface area contributed by atoms with Gasteiger partial charge in [-0.25, -0.2) is 0 Å². The van der Waals surface area contributed by atoms with E-state index in [-0.39, 0.29) is 0 Å². The van der Waals surface area contributed by atoms with Crippen LogP contribution in [0.1, 0.15) is 40.0 Å². The summed E-state index contributed by atoms with van der Waals surface area (Å²) < 4.78 is 0. The zero-order valence-electron chi connectivity index (χ0n) is 7.35. The van der Waals surface area contributed by atoms with Gasteiger partial charge < -0.3 is 0 Å². The lowest BCUT2D eigenvalue weighted by molar-refractivity contribution is 0.199. The van der Waals surface area contributed by atoms with Crippen molar-refractivity contribution in [1.82, 2.24) is 0 Å². The van der Waals surface area contributed by atoms with Crippen LogP contribution in [-0.2, 0) is 0 Å². The molecule has 0 aliphatic heterocycles. The van der Waals surface area contributed by atoms with Crippen molar-refractivity contribution in [2.75, 3.05) is 0 Å². The van der Waals surface area contributed by atoms with Gasteiger partial charge in [0.2, 0.25) is 0 Å². The molecule has 0 radical (unpaired) electrons. The summed E-state index contributed by atoms with van der Waals surface area (Å²) in [6, 6.07) is 0. The Kier molecular flexibility index (Phi) is 2.53. The van der Waals surface area contributed by atoms with Gasteiger partial charge in [0.05, 0.1) is 0 Å². The first-order valence-electron chi connectivity index (χ1n) is 4.33. The molecule has 0 aromatic carbocycles. The SMILES string of the molecule is CC(C)=CCC1CCC1C. The van der Waals surface area contributed by atoms with Crippen LogP contribution in [-0.4, -0.2) is 0 Å². The first kappa shape index (κ1) is 7.84. The molecule has 0 aromatic rings. The Balaban J connectivity index is 2.20. The van der Waals surface area contributed by atoms with Crippen molar-refractivity contribution in [3.63, 3.8) is 0 Å². The maximum atomic E-state index is 2.38. The number of allylic oxidation sites excluding steroid dienone is 2. The average molecular weight is 138 g/mol. The molecule has 0 aromatic heterocycles. The standard InChI is InChI=1S/C10H18/c1-8(2)4-6-10-7-5-9(10)3/h4,9-10H,5-7H2,1-3H3. The van der Waals surface area contributed by atoms with Gasteiger partial charge >= 0.3 is 0 Å². The van der Waals surface area contributed by atoms with Crippen LogP contribution in [0.3, 0.4) is 0 Å². The van der Waals surface area contributed by atoms with E-state index in [2.05, 4.69) is 26.8 Å². The molecule has 0 N–H and O–H groups in total. The molecule has 58 valence electrons. The van der Waals surface area contributed by atoms with E-state index in [1.807, 2.05) is 0 Å². The molecule has 1 rings (SSSR count). The molecule has 2 unspecified atom stereocenters. The largest absolute Gasteiger partial charge is 0.0856 e. The molecular weight excluding hydrogens is 120 g/mol. The number of hydrogen-bond acceptors (Lipinski definition) is 0. The maximum Gasteiger partial charge on any atom is -0.0317 e. The van der Waals surface area contributed by atoms with Gasteiger partial charge in [-0.1, -0.05) is 25.0 Å². The first-order chi connectivity index (χ1) is 4.70. The molecule has 0 saturated heterocycles. The van der Waals surface area contributed by atoms with Gasteiger partial charge in [-0.2, -0.15) is 0 Å². The molecule has 0 nitrogen and oxygen atoms in total. The van der Waals surface area contributed by atoms with Crippen molar-refractivity contribution >= 4 is 0 Å². The van der Waals surface area contributed by atoms with Crippen LogP contribution in [0.15, 0.2) is 11.6 Å². The highest BCUT2D eigenvalue weighted by atomic mass is 14.3. The van der Waals surface area contributed by atoms with Crippen LogP contribution < -0.4 is 0 Å². The topological polar surface area (TPSA) is 0 Å². The zero-order chi connectivity index (χ0) is 7.56. The van der Waals surface area contributed by atoms with Crippen molar-refractivity contribution in [2.45, 2.75) is 40.0 Å². The minimum atomic E-state index is 0.996. The minimum absolute atomic E-state index is 0.996. The summed E-state index contributed by atoms with van der Waals surface area (Å²) in [4.78, 5) is 0. The van der Waals surface area contributed by atoms with Crippen molar-refractivity contribution in [3.05, 3.63) is 11.6 Å². The van der Waals surface area contributed by atoms with Crippen LogP contribution in [0, 0.1) is 11.8 Å². The average Bonchev–Trinajstić information content (AvgIpc) is 1.84. The van der Waals surface area contributed by atoms with Gasteiger partial charge in [0.25, 0.3) is 0 Å². The van der Waals surface area contributed by atoms with Gasteiger partial charge in [-0.3, -0.25) is 0 Å². The minimum Gasteiger partial charge on any atom is -0.0856 e. The molecule has 1 fully saturated rings. The van der Waals surface area contributed by atoms with Crippen molar-refractivity contribution < 1.29 is 0 Å². The second kappa shape index (κ2) is 3.23. The fourth-order valence-corrected chi connectivity index (χ4v) is 1.47. The molecule has 10 heavy (non-hydrogen) atoms. The normalized spacial score (nSPS) is 31.1. The fraction of sp³-hybridized carbons (Fsp3) is 0.800. The third-order valence-electron chi connectivity index (χ3n) is 2.63. The van der Waals surface area contributed by atoms with Crippen LogP contribution in [0.5, 0.6) is 0 Å². The van der Waals surface area contributed by atoms with Crippen LogP contribution in [0.4, 0.5) is 0 Å². The predicted octanol–water partition coefficient (Wildman–Crippen LogP) is 3.39. The summed E-state index contributed by atoms with van der Waals surface area (Å²) in [7, 11) is 0. The summed E-state index contributed by atoms with van der Waals surface area (Å²) in [5.74, 6) is 2.01. The fourth-order valence-electron chi connectivity index (χ4n) is 1.47. The second-order valence-corrected chi connectivity index (χ2v) is 3.83. The van der Waals surface area contributed by atoms with Crippen LogP contribution in [0.2, 0.25) is 0 Å². The highest BCUT2D eigenvalue weighted by Gasteiger charge is 2.24. The Morgan fingerprint density at radius 3 is 2.40 bits per heavy atom. The highest BCUT2D eigenvalue weighted by molar-refractivity contribution is 4.96. The Morgan fingerprint density at radius 2 is 2.10 bits per heavy atom. The van der Waals surface area contributed by atoms with Crippen molar-refractivity contribution in [3.8, 4) is 0 Å². The first-order valence-corrected chi connectivity index (χ1v) is 4.33. The zero-order valence-corrected chi connectivity index (χ0v) is 7.35. The summed E-state index contributed by atoms with van der Waals surface area (Å²) in [5, 5.41) is 0. The molecule has 1 saturated carbocycles. The lowest BCUT2D eigenvalue weighted by Gasteiger charge is -2.33. The van der Waals surface area contributed by atoms with E-state index in [0.717, 1.165) is 11.8 Å². The molecule has 0 heteroatoms. The third-order valence-corrected chi connectivity index (χ3v) is 2.63. The third kappa shape index (κ3) is 1.86. The molecule has 0 bridgehead atoms. The summed E-state index contributed by atoms with van der Waals surface area (Å²) in [6.07, 6.45) is 6.62. The summed E-state index contributed by atoms with van der Waals surface area (Å²) >= 11 is 0. The Labute approximate surface area is 64.3 Å². The Hall–Kier alpha value is -0.260. The quantitative estimate of drug-likeness (QED) is 0.513. The van der Waals surface area contributed by atoms with Gasteiger partial charge in [-0.15, -0.1) is 0 Å². The predicted molar refractivity (Wildman–Crippen MR) is 45.9 cm³/mol. The Morgan fingerprint density at radius 1 is 1.40 bits per heavy atom. The molecule has 0 spiro atoms. The van der Waals surface area contributed by atoms with E-state index < -0.39 is 0 Å². The van der Waals surface area contributed by atoms with Gasteiger partial charge in [0.15, 0.2) is 0 Å². The summed E-state index contributed by atoms with van der Waals surface area (Å²) in [6.45, 7) is 6.74. The van der Waals surface area contributed by atoms with Gasteiger partial charge in [0, 0.05) is 0 Å². The lowest BCUT2D eigenvalue weighted by Crippen LogP contribution is -2.21. The van der Waals surface area contributed by atoms with Gasteiger partial charge in [-0.05, 0) is 38.5 Å². The molecular formula is C10H18. The smallest absolute Gasteiger partial charge is 0.0317 e. The van der Waals surface area contributed by atoms with Gasteiger partial charge in [0.1, 0.15) is 0 Å².